The Bertz CT molecular complexity index is 916. The Hall–Kier alpha value is 2.80. The molecule has 18 atom stereocenters. The first-order valence-corrected chi connectivity index (χ1v) is 24.2. The summed E-state index contributed by atoms with van der Waals surface area (Å²) in [5.41, 5.74) is 0. The quantitative estimate of drug-likeness (QED) is 0.259. The highest BCUT2D eigenvalue weighted by atomic mass is 33.1. The Labute approximate surface area is 249 Å². The summed E-state index contributed by atoms with van der Waals surface area (Å²) in [6, 6.07) is 0. The van der Waals surface area contributed by atoms with Crippen LogP contribution < -0.4 is 0 Å². The summed E-state index contributed by atoms with van der Waals surface area (Å²) < 4.78 is 0. The predicted octanol–water partition coefficient (Wildman–Crippen LogP) is 9.66. The van der Waals surface area contributed by atoms with Gasteiger partial charge in [0.2, 0.25) is 0 Å². The van der Waals surface area contributed by atoms with Crippen LogP contribution in [0.1, 0.15) is 64.2 Å². The molecule has 18 unspecified atom stereocenters. The molecular weight excluding hydrogens is 593 g/mol. The van der Waals surface area contributed by atoms with Crippen molar-refractivity contribution < 1.29 is 0 Å². The second-order valence-corrected chi connectivity index (χ2v) is 24.7. The highest BCUT2D eigenvalue weighted by Crippen LogP contribution is 2.74. The summed E-state index contributed by atoms with van der Waals surface area (Å²) >= 11 is 0. The summed E-state index contributed by atoms with van der Waals surface area (Å²) in [4.78, 5) is 0. The second-order valence-electron chi connectivity index (χ2n) is 14.0. The van der Waals surface area contributed by atoms with Crippen LogP contribution in [0.3, 0.4) is 0 Å². The lowest BCUT2D eigenvalue weighted by molar-refractivity contribution is 0.0129. The third-order valence-electron chi connectivity index (χ3n) is 13.1. The van der Waals surface area contributed by atoms with Crippen LogP contribution in [0.4, 0.5) is 0 Å². The van der Waals surface area contributed by atoms with E-state index in [0.717, 1.165) is 101 Å². The fourth-order valence-corrected chi connectivity index (χ4v) is 29.7. The SMILES string of the molecule is C1CC2SSC3C4CCC(C5CCC6C(C5)C5SSC7CCC8SSC6C8C75)C5SSC(C(C1)C23)C45. The number of hydrogen-bond acceptors (Lipinski definition) is 8. The van der Waals surface area contributed by atoms with Gasteiger partial charge in [-0.05, 0) is 117 Å². The van der Waals surface area contributed by atoms with Gasteiger partial charge in [-0.1, -0.05) is 92.8 Å². The highest BCUT2D eigenvalue weighted by molar-refractivity contribution is 8.78. The molecule has 4 aliphatic heterocycles. The van der Waals surface area contributed by atoms with Crippen molar-refractivity contribution in [1.82, 2.24) is 0 Å². The van der Waals surface area contributed by atoms with Gasteiger partial charge in [0.15, 0.2) is 0 Å². The standard InChI is InChI=1S/C28H38S8/c1-2-14-20-17(3-1)29-33-26(20)15-7-6-12(24-21(15)27(14)36-35-24)11-4-5-13-16(10-11)28-23-19(31-34-28)9-8-18-22(23)25(13)32-30-18/h11-28H,1-10H2. The van der Waals surface area contributed by atoms with Crippen molar-refractivity contribution >= 4 is 86.4 Å². The topological polar surface area (TPSA) is 0 Å². The van der Waals surface area contributed by atoms with Gasteiger partial charge in [-0.25, -0.2) is 0 Å². The molecule has 36 heavy (non-hydrogen) atoms. The second kappa shape index (κ2) is 9.15. The van der Waals surface area contributed by atoms with Crippen LogP contribution in [-0.4, -0.2) is 42.0 Å². The molecule has 198 valence electrons. The molecule has 0 radical (unpaired) electrons. The molecule has 0 aromatic heterocycles. The molecule has 0 spiro atoms. The molecule has 0 aromatic rings. The third kappa shape index (κ3) is 3.29. The Morgan fingerprint density at radius 2 is 0.861 bits per heavy atom. The van der Waals surface area contributed by atoms with Crippen molar-refractivity contribution in [3.05, 3.63) is 0 Å². The molecule has 0 aromatic carbocycles. The maximum Gasteiger partial charge on any atom is 0.0225 e. The van der Waals surface area contributed by atoms with E-state index >= 15 is 0 Å². The van der Waals surface area contributed by atoms with Gasteiger partial charge < -0.3 is 0 Å². The Morgan fingerprint density at radius 1 is 0.333 bits per heavy atom. The molecule has 0 amide bonds. The lowest BCUT2D eigenvalue weighted by Crippen LogP contribution is -2.57. The molecule has 10 fully saturated rings. The first-order chi connectivity index (χ1) is 17.8. The normalized spacial score (nSPS) is 66.0. The molecule has 6 aliphatic carbocycles. The van der Waals surface area contributed by atoms with Crippen molar-refractivity contribution in [2.24, 2.45) is 59.2 Å². The maximum atomic E-state index is 2.45. The van der Waals surface area contributed by atoms with Gasteiger partial charge in [0, 0.05) is 42.0 Å². The molecule has 8 heteroatoms. The van der Waals surface area contributed by atoms with Crippen molar-refractivity contribution in [3.63, 3.8) is 0 Å². The van der Waals surface area contributed by atoms with Crippen LogP contribution >= 0.6 is 86.4 Å². The fraction of sp³-hybridized carbons (Fsp3) is 1.00. The fourth-order valence-electron chi connectivity index (χ4n) is 11.8. The van der Waals surface area contributed by atoms with Crippen LogP contribution in [0.5, 0.6) is 0 Å². The van der Waals surface area contributed by atoms with E-state index in [2.05, 4.69) is 86.4 Å². The number of rotatable bonds is 1. The van der Waals surface area contributed by atoms with E-state index in [9.17, 15) is 0 Å². The zero-order valence-electron chi connectivity index (χ0n) is 20.7. The van der Waals surface area contributed by atoms with Gasteiger partial charge in [-0.3, -0.25) is 0 Å². The Morgan fingerprint density at radius 3 is 1.64 bits per heavy atom. The summed E-state index contributed by atoms with van der Waals surface area (Å²) in [6.07, 6.45) is 15.7. The van der Waals surface area contributed by atoms with Crippen LogP contribution in [0.15, 0.2) is 0 Å². The van der Waals surface area contributed by atoms with Crippen molar-refractivity contribution in [1.29, 1.82) is 0 Å². The van der Waals surface area contributed by atoms with Gasteiger partial charge in [-0.2, -0.15) is 0 Å². The summed E-state index contributed by atoms with van der Waals surface area (Å²) in [7, 11) is 19.1. The smallest absolute Gasteiger partial charge is 0.0225 e. The molecule has 4 heterocycles. The summed E-state index contributed by atoms with van der Waals surface area (Å²) in [5, 5.41) is 8.16. The molecular formula is C28H38S8. The number of fused-ring (bicyclic) bond motifs is 5. The molecule has 6 saturated carbocycles. The van der Waals surface area contributed by atoms with Gasteiger partial charge in [-0.15, -0.1) is 0 Å². The molecule has 10 rings (SSSR count). The van der Waals surface area contributed by atoms with E-state index in [1.165, 1.54) is 25.7 Å². The molecule has 0 nitrogen and oxygen atoms in total. The average molecular weight is 631 g/mol. The molecule has 4 saturated heterocycles. The minimum Gasteiger partial charge on any atom is -0.0901 e. The van der Waals surface area contributed by atoms with E-state index in [-0.39, 0.29) is 0 Å². The van der Waals surface area contributed by atoms with Gasteiger partial charge in [0.05, 0.1) is 0 Å². The lowest BCUT2D eigenvalue weighted by atomic mass is 9.53. The summed E-state index contributed by atoms with van der Waals surface area (Å²) in [6.45, 7) is 0. The molecule has 0 N–H and O–H groups in total. The third-order valence-corrected chi connectivity index (χ3v) is 27.2. The highest BCUT2D eigenvalue weighted by Gasteiger charge is 2.66. The van der Waals surface area contributed by atoms with Crippen LogP contribution in [0.25, 0.3) is 0 Å². The zero-order chi connectivity index (χ0) is 23.1. The van der Waals surface area contributed by atoms with E-state index in [1.54, 1.807) is 38.5 Å². The van der Waals surface area contributed by atoms with E-state index in [0.29, 0.717) is 0 Å². The average Bonchev–Trinajstić information content (AvgIpc) is 3.71. The lowest BCUT2D eigenvalue weighted by Gasteiger charge is -2.56. The minimum atomic E-state index is 1.01. The summed E-state index contributed by atoms with van der Waals surface area (Å²) in [5.74, 6) is 10.7. The van der Waals surface area contributed by atoms with Crippen LogP contribution in [0.2, 0.25) is 0 Å². The van der Waals surface area contributed by atoms with Gasteiger partial charge in [0.1, 0.15) is 0 Å². The Balaban J connectivity index is 0.930. The predicted molar refractivity (Wildman–Crippen MR) is 172 cm³/mol. The Kier molecular flexibility index (Phi) is 6.17. The number of hydrogen-bond donors (Lipinski definition) is 0. The van der Waals surface area contributed by atoms with Crippen molar-refractivity contribution in [2.75, 3.05) is 0 Å². The first-order valence-electron chi connectivity index (χ1n) is 15.1. The maximum absolute atomic E-state index is 2.45. The molecule has 0 bridgehead atoms. The van der Waals surface area contributed by atoms with Crippen LogP contribution in [-0.2, 0) is 0 Å². The monoisotopic (exact) mass is 630 g/mol. The van der Waals surface area contributed by atoms with Crippen LogP contribution in [0, 0.1) is 59.2 Å². The molecule has 10 aliphatic rings. The largest absolute Gasteiger partial charge is 0.0901 e. The van der Waals surface area contributed by atoms with E-state index in [4.69, 9.17) is 0 Å². The first kappa shape index (κ1) is 24.3. The van der Waals surface area contributed by atoms with E-state index in [1.807, 2.05) is 0 Å². The minimum absolute atomic E-state index is 1.01. The van der Waals surface area contributed by atoms with Crippen molar-refractivity contribution in [2.45, 2.75) is 106 Å². The zero-order valence-corrected chi connectivity index (χ0v) is 27.3. The van der Waals surface area contributed by atoms with Gasteiger partial charge in [0.25, 0.3) is 0 Å². The van der Waals surface area contributed by atoms with E-state index < -0.39 is 0 Å². The van der Waals surface area contributed by atoms with Gasteiger partial charge >= 0.3 is 0 Å². The van der Waals surface area contributed by atoms with Crippen molar-refractivity contribution in [3.8, 4) is 0 Å².